The van der Waals surface area contributed by atoms with Crippen molar-refractivity contribution in [3.05, 3.63) is 70.7 Å². The van der Waals surface area contributed by atoms with Crippen LogP contribution in [0.15, 0.2) is 42.7 Å². The van der Waals surface area contributed by atoms with Crippen molar-refractivity contribution in [3.63, 3.8) is 0 Å². The second-order valence-electron chi connectivity index (χ2n) is 17.6. The molecule has 0 spiro atoms. The van der Waals surface area contributed by atoms with Crippen molar-refractivity contribution < 1.29 is 33.4 Å². The molecule has 8 rings (SSSR count). The molecule has 16 heteroatoms. The van der Waals surface area contributed by atoms with Crippen LogP contribution in [0.5, 0.6) is 5.75 Å². The van der Waals surface area contributed by atoms with E-state index in [2.05, 4.69) is 60.5 Å². The van der Waals surface area contributed by atoms with Gasteiger partial charge in [0.05, 0.1) is 65.1 Å². The lowest BCUT2D eigenvalue weighted by Crippen LogP contribution is -2.74. The summed E-state index contributed by atoms with van der Waals surface area (Å²) in [5.74, 6) is -1.26. The average Bonchev–Trinajstić information content (AvgIpc) is 3.85. The fourth-order valence-electron chi connectivity index (χ4n) is 9.90. The van der Waals surface area contributed by atoms with Crippen LogP contribution in [0, 0.1) is 28.1 Å². The number of fused-ring (bicyclic) bond motifs is 2. The molecule has 2 aliphatic carbocycles. The van der Waals surface area contributed by atoms with Gasteiger partial charge in [-0.15, -0.1) is 11.6 Å². The number of aryl methyl sites for hydroxylation is 1. The van der Waals surface area contributed by atoms with E-state index < -0.39 is 29.7 Å². The molecule has 5 aliphatic rings. The zero-order valence-corrected chi connectivity index (χ0v) is 34.5. The highest BCUT2D eigenvalue weighted by Gasteiger charge is 2.63. The Morgan fingerprint density at radius 3 is 2.49 bits per heavy atom. The molecule has 4 unspecified atom stereocenters. The number of pyridine rings is 1. The van der Waals surface area contributed by atoms with Gasteiger partial charge in [-0.05, 0) is 68.9 Å². The molecule has 2 aromatic heterocycles. The number of amides is 5. The molecule has 2 saturated carbocycles. The Hall–Kier alpha value is -5.33. The number of aromatic nitrogens is 3. The van der Waals surface area contributed by atoms with Gasteiger partial charge < -0.3 is 19.7 Å². The number of carbonyl (C=O) groups is 5. The number of halogens is 1. The summed E-state index contributed by atoms with van der Waals surface area (Å²) in [5.41, 5.74) is 2.40. The standard InChI is InChI=1S/C43H49ClN8O7/c1-42(2)40(43(3,4)41(42)59-28-9-7-24(19-45)31(44)18-28)48-36(54)25-8-13-34(46-20-25)50-21-26-22-51(49-32(26)23-50)15-5-6-16-58-27-10-11-29-30(17-27)39(57)52(38(29)56)33-12-14-35(53)47-37(33)55/h8,10-11,13,17,20,22,24,28,31,33,40-41H,5-7,9,12,14-16,18,21,23H2,1-4H3,(H,48,54)(H,47,53,55)/t24?,28?,31?,33?,40-,41-. The molecule has 59 heavy (non-hydrogen) atoms. The van der Waals surface area contributed by atoms with Crippen molar-refractivity contribution in [2.24, 2.45) is 16.7 Å². The number of anilines is 1. The fourth-order valence-corrected chi connectivity index (χ4v) is 10.3. The molecule has 4 atom stereocenters. The minimum absolute atomic E-state index is 0.000588. The predicted molar refractivity (Wildman–Crippen MR) is 214 cm³/mol. The van der Waals surface area contributed by atoms with Gasteiger partial charge in [0.15, 0.2) is 0 Å². The Labute approximate surface area is 347 Å². The summed E-state index contributed by atoms with van der Waals surface area (Å²) >= 11 is 6.48. The molecular weight excluding hydrogens is 776 g/mol. The molecule has 1 aromatic carbocycles. The van der Waals surface area contributed by atoms with Gasteiger partial charge in [-0.3, -0.25) is 38.9 Å². The topological polar surface area (TPSA) is 189 Å². The van der Waals surface area contributed by atoms with Crippen LogP contribution in [0.3, 0.4) is 0 Å². The third-order valence-electron chi connectivity index (χ3n) is 12.8. The van der Waals surface area contributed by atoms with Crippen molar-refractivity contribution in [2.45, 2.75) is 122 Å². The summed E-state index contributed by atoms with van der Waals surface area (Å²) < 4.78 is 14.5. The summed E-state index contributed by atoms with van der Waals surface area (Å²) in [7, 11) is 0. The summed E-state index contributed by atoms with van der Waals surface area (Å²) in [6, 6.07) is 9.59. The minimum atomic E-state index is -1.01. The Morgan fingerprint density at radius 2 is 1.80 bits per heavy atom. The largest absolute Gasteiger partial charge is 0.494 e. The van der Waals surface area contributed by atoms with Crippen LogP contribution in [0.25, 0.3) is 0 Å². The lowest BCUT2D eigenvalue weighted by atomic mass is 9.49. The van der Waals surface area contributed by atoms with Crippen molar-refractivity contribution in [1.82, 2.24) is 30.3 Å². The zero-order chi connectivity index (χ0) is 41.8. The van der Waals surface area contributed by atoms with E-state index in [1.807, 2.05) is 16.8 Å². The number of nitrogens with zero attached hydrogens (tertiary/aromatic N) is 6. The van der Waals surface area contributed by atoms with Gasteiger partial charge >= 0.3 is 0 Å². The number of carbonyl (C=O) groups excluding carboxylic acids is 5. The number of nitrogens with one attached hydrogen (secondary N) is 2. The number of ether oxygens (including phenoxy) is 2. The number of unbranched alkanes of at least 4 members (excludes halogenated alkanes) is 1. The van der Waals surface area contributed by atoms with Gasteiger partial charge in [0.1, 0.15) is 17.6 Å². The highest BCUT2D eigenvalue weighted by Crippen LogP contribution is 2.56. The average molecular weight is 825 g/mol. The van der Waals surface area contributed by atoms with Crippen LogP contribution in [-0.2, 0) is 34.0 Å². The molecule has 3 fully saturated rings. The van der Waals surface area contributed by atoms with E-state index in [1.54, 1.807) is 12.3 Å². The summed E-state index contributed by atoms with van der Waals surface area (Å²) in [5, 5.41) is 19.4. The number of hydrogen-bond donors (Lipinski definition) is 2. The van der Waals surface area contributed by atoms with E-state index in [0.29, 0.717) is 44.0 Å². The molecule has 15 nitrogen and oxygen atoms in total. The fraction of sp³-hybridized carbons (Fsp3) is 0.535. The van der Waals surface area contributed by atoms with Crippen LogP contribution in [0.4, 0.5) is 5.82 Å². The lowest BCUT2D eigenvalue weighted by Gasteiger charge is -2.64. The molecule has 0 bridgehead atoms. The van der Waals surface area contributed by atoms with Crippen LogP contribution < -0.4 is 20.3 Å². The van der Waals surface area contributed by atoms with E-state index in [0.717, 1.165) is 47.7 Å². The lowest BCUT2D eigenvalue weighted by molar-refractivity contribution is -0.231. The van der Waals surface area contributed by atoms with Crippen LogP contribution in [0.2, 0.25) is 0 Å². The molecule has 1 saturated heterocycles. The van der Waals surface area contributed by atoms with Gasteiger partial charge in [-0.2, -0.15) is 10.4 Å². The molecule has 3 aliphatic heterocycles. The molecule has 3 aromatic rings. The number of piperidine rings is 1. The minimum Gasteiger partial charge on any atom is -0.494 e. The summed E-state index contributed by atoms with van der Waals surface area (Å²) in [6.45, 7) is 10.9. The maximum atomic E-state index is 13.5. The van der Waals surface area contributed by atoms with E-state index in [-0.39, 0.29) is 70.3 Å². The highest BCUT2D eigenvalue weighted by molar-refractivity contribution is 6.23. The van der Waals surface area contributed by atoms with E-state index in [4.69, 9.17) is 26.2 Å². The molecule has 5 heterocycles. The van der Waals surface area contributed by atoms with E-state index in [9.17, 15) is 29.2 Å². The number of benzene rings is 1. The first kappa shape index (κ1) is 40.4. The Kier molecular flexibility index (Phi) is 10.8. The number of imide groups is 2. The predicted octanol–water partition coefficient (Wildman–Crippen LogP) is 4.91. The maximum absolute atomic E-state index is 13.5. The second-order valence-corrected chi connectivity index (χ2v) is 18.1. The third-order valence-corrected chi connectivity index (χ3v) is 13.2. The zero-order valence-electron chi connectivity index (χ0n) is 33.7. The first-order valence-electron chi connectivity index (χ1n) is 20.4. The Morgan fingerprint density at radius 1 is 1.02 bits per heavy atom. The number of rotatable bonds is 12. The Bertz CT molecular complexity index is 2190. The number of nitriles is 1. The highest BCUT2D eigenvalue weighted by atomic mass is 35.5. The first-order chi connectivity index (χ1) is 28.1. The van der Waals surface area contributed by atoms with Crippen LogP contribution in [-0.4, -0.2) is 85.5 Å². The van der Waals surface area contributed by atoms with Gasteiger partial charge in [0.25, 0.3) is 17.7 Å². The first-order valence-corrected chi connectivity index (χ1v) is 20.8. The summed E-state index contributed by atoms with van der Waals surface area (Å²) in [4.78, 5) is 71.1. The smallest absolute Gasteiger partial charge is 0.262 e. The van der Waals surface area contributed by atoms with Gasteiger partial charge in [-0.1, -0.05) is 27.7 Å². The second kappa shape index (κ2) is 15.7. The SMILES string of the molecule is CC1(C)[C@H](NC(=O)c2ccc(N3Cc4cn(CCCCOc5ccc6c(c5)C(=O)N(C5CCC(=O)NC5=O)C6=O)nc4C3)nc2)C(C)(C)[C@H]1OC1CCC(C#N)C(Cl)C1. The van der Waals surface area contributed by atoms with Gasteiger partial charge in [0, 0.05) is 54.3 Å². The quantitative estimate of drug-likeness (QED) is 0.144. The maximum Gasteiger partial charge on any atom is 0.262 e. The molecule has 0 radical (unpaired) electrons. The van der Waals surface area contributed by atoms with Crippen molar-refractivity contribution in [3.8, 4) is 11.8 Å². The van der Waals surface area contributed by atoms with E-state index in [1.165, 1.54) is 12.1 Å². The monoisotopic (exact) mass is 824 g/mol. The number of hydrogen-bond acceptors (Lipinski definition) is 11. The molecule has 5 amide bonds. The van der Waals surface area contributed by atoms with E-state index >= 15 is 0 Å². The molecular formula is C43H49ClN8O7. The van der Waals surface area contributed by atoms with Crippen molar-refractivity contribution in [1.29, 1.82) is 5.26 Å². The van der Waals surface area contributed by atoms with Crippen molar-refractivity contribution in [2.75, 3.05) is 11.5 Å². The van der Waals surface area contributed by atoms with Crippen molar-refractivity contribution >= 4 is 47.0 Å². The molecule has 2 N–H and O–H groups in total. The van der Waals surface area contributed by atoms with Gasteiger partial charge in [-0.25, -0.2) is 4.98 Å². The Balaban J connectivity index is 0.774. The third kappa shape index (κ3) is 7.57. The van der Waals surface area contributed by atoms with Crippen LogP contribution in [0.1, 0.15) is 115 Å². The van der Waals surface area contributed by atoms with Gasteiger partial charge in [0.2, 0.25) is 11.8 Å². The summed E-state index contributed by atoms with van der Waals surface area (Å²) in [6.07, 6.45) is 7.52. The normalized spacial score (nSPS) is 26.8. The molecule has 310 valence electrons. The number of alkyl halides is 1. The van der Waals surface area contributed by atoms with Crippen LogP contribution >= 0.6 is 11.6 Å².